The maximum absolute atomic E-state index is 11.3. The van der Waals surface area contributed by atoms with Gasteiger partial charge < -0.3 is 9.47 Å². The number of rotatable bonds is 6. The minimum atomic E-state index is -0.244. The van der Waals surface area contributed by atoms with E-state index >= 15 is 0 Å². The minimum Gasteiger partial charge on any atom is -0.489 e. The molecule has 0 radical (unpaired) electrons. The molecule has 0 atom stereocenters. The van der Waals surface area contributed by atoms with Gasteiger partial charge in [0.2, 0.25) is 0 Å². The average Bonchev–Trinajstić information content (AvgIpc) is 2.68. The van der Waals surface area contributed by atoms with Crippen molar-refractivity contribution in [3.8, 4) is 16.9 Å². The quantitative estimate of drug-likeness (QED) is 0.592. The Labute approximate surface area is 154 Å². The van der Waals surface area contributed by atoms with Gasteiger partial charge in [-0.1, -0.05) is 60.2 Å². The van der Waals surface area contributed by atoms with Crippen LogP contribution in [-0.4, -0.2) is 13.1 Å². The summed E-state index contributed by atoms with van der Waals surface area (Å²) in [4.78, 5) is 11.3. The molecule has 0 fully saturated rings. The van der Waals surface area contributed by atoms with Gasteiger partial charge >= 0.3 is 5.97 Å². The van der Waals surface area contributed by atoms with E-state index in [9.17, 15) is 4.79 Å². The van der Waals surface area contributed by atoms with E-state index in [2.05, 4.69) is 54.1 Å². The van der Waals surface area contributed by atoms with Crippen molar-refractivity contribution in [3.05, 3.63) is 89.5 Å². The highest BCUT2D eigenvalue weighted by molar-refractivity contribution is 5.72. The molecule has 0 heterocycles. The molecule has 0 aliphatic heterocycles. The van der Waals surface area contributed by atoms with E-state index in [1.165, 1.54) is 23.8 Å². The maximum atomic E-state index is 11.3. The van der Waals surface area contributed by atoms with Crippen LogP contribution in [0.3, 0.4) is 0 Å². The zero-order valence-corrected chi connectivity index (χ0v) is 15.1. The van der Waals surface area contributed by atoms with Crippen molar-refractivity contribution in [3.63, 3.8) is 0 Å². The van der Waals surface area contributed by atoms with Crippen molar-refractivity contribution in [1.29, 1.82) is 0 Å². The van der Waals surface area contributed by atoms with Crippen molar-refractivity contribution in [1.82, 2.24) is 0 Å². The Morgan fingerprint density at radius 1 is 0.846 bits per heavy atom. The van der Waals surface area contributed by atoms with Crippen molar-refractivity contribution in [2.45, 2.75) is 20.0 Å². The van der Waals surface area contributed by atoms with E-state index in [-0.39, 0.29) is 12.4 Å². The second-order valence-corrected chi connectivity index (χ2v) is 6.25. The van der Waals surface area contributed by atoms with E-state index in [0.717, 1.165) is 16.9 Å². The highest BCUT2D eigenvalue weighted by Gasteiger charge is 2.04. The van der Waals surface area contributed by atoms with Gasteiger partial charge in [0.05, 0.1) is 13.5 Å². The van der Waals surface area contributed by atoms with E-state index in [1.807, 2.05) is 30.3 Å². The summed E-state index contributed by atoms with van der Waals surface area (Å²) < 4.78 is 10.5. The molecule has 0 bridgehead atoms. The SMILES string of the molecule is COC(=O)Cc1ccc(OCc2cccc(-c3ccc(C)cc3)c2)cc1. The molecule has 0 amide bonds. The Balaban J connectivity index is 1.63. The molecule has 132 valence electrons. The summed E-state index contributed by atoms with van der Waals surface area (Å²) in [6.07, 6.45) is 0.273. The van der Waals surface area contributed by atoms with Gasteiger partial charge in [0.1, 0.15) is 12.4 Å². The lowest BCUT2D eigenvalue weighted by Gasteiger charge is -2.09. The molecule has 3 nitrogen and oxygen atoms in total. The summed E-state index contributed by atoms with van der Waals surface area (Å²) in [6, 6.07) is 24.4. The van der Waals surface area contributed by atoms with Crippen LogP contribution in [0.5, 0.6) is 5.75 Å². The first kappa shape index (κ1) is 17.7. The first-order valence-corrected chi connectivity index (χ1v) is 8.58. The molecule has 26 heavy (non-hydrogen) atoms. The number of carbonyl (C=O) groups excluding carboxylic acids is 1. The van der Waals surface area contributed by atoms with Gasteiger partial charge in [0, 0.05) is 0 Å². The molecule has 0 saturated heterocycles. The normalized spacial score (nSPS) is 10.4. The van der Waals surface area contributed by atoms with Crippen molar-refractivity contribution in [2.75, 3.05) is 7.11 Å². The number of aryl methyl sites for hydroxylation is 1. The molecule has 0 saturated carbocycles. The number of benzene rings is 3. The molecule has 0 aromatic heterocycles. The highest BCUT2D eigenvalue weighted by Crippen LogP contribution is 2.22. The topological polar surface area (TPSA) is 35.5 Å². The summed E-state index contributed by atoms with van der Waals surface area (Å²) in [7, 11) is 1.39. The molecule has 0 spiro atoms. The number of methoxy groups -OCH3 is 1. The summed E-state index contributed by atoms with van der Waals surface area (Å²) in [6.45, 7) is 2.58. The van der Waals surface area contributed by atoms with E-state index in [1.54, 1.807) is 0 Å². The molecule has 0 aliphatic carbocycles. The van der Waals surface area contributed by atoms with Crippen molar-refractivity contribution >= 4 is 5.97 Å². The van der Waals surface area contributed by atoms with E-state index in [0.29, 0.717) is 6.61 Å². The molecule has 3 heteroatoms. The number of esters is 1. The third-order valence-corrected chi connectivity index (χ3v) is 4.22. The smallest absolute Gasteiger partial charge is 0.309 e. The van der Waals surface area contributed by atoms with Crippen LogP contribution in [0.4, 0.5) is 0 Å². The van der Waals surface area contributed by atoms with Crippen LogP contribution in [0, 0.1) is 6.92 Å². The lowest BCUT2D eigenvalue weighted by Crippen LogP contribution is -2.04. The fourth-order valence-electron chi connectivity index (χ4n) is 2.70. The van der Waals surface area contributed by atoms with Gasteiger partial charge in [-0.3, -0.25) is 4.79 Å². The van der Waals surface area contributed by atoms with Gasteiger partial charge in [-0.2, -0.15) is 0 Å². The molecule has 0 unspecified atom stereocenters. The van der Waals surface area contributed by atoms with Gasteiger partial charge in [-0.25, -0.2) is 0 Å². The summed E-state index contributed by atoms with van der Waals surface area (Å²) in [5, 5.41) is 0. The van der Waals surface area contributed by atoms with Crippen molar-refractivity contribution in [2.24, 2.45) is 0 Å². The average molecular weight is 346 g/mol. The molecular weight excluding hydrogens is 324 g/mol. The third-order valence-electron chi connectivity index (χ3n) is 4.22. The predicted molar refractivity (Wildman–Crippen MR) is 103 cm³/mol. The monoisotopic (exact) mass is 346 g/mol. The van der Waals surface area contributed by atoms with Crippen LogP contribution in [0.1, 0.15) is 16.7 Å². The predicted octanol–water partition coefficient (Wildman–Crippen LogP) is 4.96. The number of hydrogen-bond acceptors (Lipinski definition) is 3. The molecular formula is C23H22O3. The molecule has 3 rings (SSSR count). The van der Waals surface area contributed by atoms with Crippen LogP contribution in [0.2, 0.25) is 0 Å². The molecule has 3 aromatic carbocycles. The van der Waals surface area contributed by atoms with Gasteiger partial charge in [-0.05, 0) is 47.4 Å². The second-order valence-electron chi connectivity index (χ2n) is 6.25. The second kappa shape index (κ2) is 8.34. The molecule has 0 N–H and O–H groups in total. The first-order valence-electron chi connectivity index (χ1n) is 8.58. The summed E-state index contributed by atoms with van der Waals surface area (Å²) in [5.74, 6) is 0.533. The zero-order valence-electron chi connectivity index (χ0n) is 15.1. The van der Waals surface area contributed by atoms with Crippen LogP contribution in [-0.2, 0) is 22.6 Å². The van der Waals surface area contributed by atoms with Crippen LogP contribution in [0.15, 0.2) is 72.8 Å². The standard InChI is InChI=1S/C23H22O3/c1-17-6-10-20(11-7-17)21-5-3-4-19(14-21)16-26-22-12-8-18(9-13-22)15-23(24)25-2/h3-14H,15-16H2,1-2H3. The highest BCUT2D eigenvalue weighted by atomic mass is 16.5. The Hall–Kier alpha value is -3.07. The number of ether oxygens (including phenoxy) is 2. The van der Waals surface area contributed by atoms with E-state index in [4.69, 9.17) is 4.74 Å². The van der Waals surface area contributed by atoms with Gasteiger partial charge in [-0.15, -0.1) is 0 Å². The molecule has 0 aliphatic rings. The Morgan fingerprint density at radius 2 is 1.58 bits per heavy atom. The van der Waals surface area contributed by atoms with E-state index < -0.39 is 0 Å². The van der Waals surface area contributed by atoms with Crippen LogP contribution in [0.25, 0.3) is 11.1 Å². The Bertz CT molecular complexity index is 865. The lowest BCUT2D eigenvalue weighted by atomic mass is 10.0. The van der Waals surface area contributed by atoms with Gasteiger partial charge in [0.25, 0.3) is 0 Å². The maximum Gasteiger partial charge on any atom is 0.309 e. The Morgan fingerprint density at radius 3 is 2.27 bits per heavy atom. The Kier molecular flexibility index (Phi) is 5.69. The third kappa shape index (κ3) is 4.73. The zero-order chi connectivity index (χ0) is 18.4. The van der Waals surface area contributed by atoms with Crippen molar-refractivity contribution < 1.29 is 14.3 Å². The minimum absolute atomic E-state index is 0.244. The van der Waals surface area contributed by atoms with Gasteiger partial charge in [0.15, 0.2) is 0 Å². The molecule has 3 aromatic rings. The number of hydrogen-bond donors (Lipinski definition) is 0. The first-order chi connectivity index (χ1) is 12.6. The lowest BCUT2D eigenvalue weighted by molar-refractivity contribution is -0.139. The van der Waals surface area contributed by atoms with Crippen LogP contribution < -0.4 is 4.74 Å². The summed E-state index contributed by atoms with van der Waals surface area (Å²) in [5.41, 5.74) is 5.65. The fourth-order valence-corrected chi connectivity index (χ4v) is 2.70. The largest absolute Gasteiger partial charge is 0.489 e. The fraction of sp³-hybridized carbons (Fsp3) is 0.174. The summed E-state index contributed by atoms with van der Waals surface area (Å²) >= 11 is 0. The number of carbonyl (C=O) groups is 1. The van der Waals surface area contributed by atoms with Crippen LogP contribution >= 0.6 is 0 Å².